The first-order chi connectivity index (χ1) is 14.3. The number of ether oxygens (including phenoxy) is 1. The third kappa shape index (κ3) is 4.37. The number of aromatic nitrogens is 3. The summed E-state index contributed by atoms with van der Waals surface area (Å²) in [5.74, 6) is -1.26. The molecule has 156 valence electrons. The van der Waals surface area contributed by atoms with Gasteiger partial charge in [0.15, 0.2) is 5.82 Å². The van der Waals surface area contributed by atoms with E-state index >= 15 is 0 Å². The molecule has 0 unspecified atom stereocenters. The number of hydrogen-bond donors (Lipinski definition) is 4. The summed E-state index contributed by atoms with van der Waals surface area (Å²) in [6.45, 7) is 3.67. The summed E-state index contributed by atoms with van der Waals surface area (Å²) >= 11 is 0. The van der Waals surface area contributed by atoms with E-state index in [2.05, 4.69) is 25.6 Å². The molecule has 0 aliphatic rings. The number of primary amides is 2. The molecule has 3 rings (SSSR count). The number of nitrogens with zero attached hydrogens (tertiary/aromatic N) is 3. The molecule has 3 aromatic rings. The lowest BCUT2D eigenvalue weighted by molar-refractivity contribution is -0.119. The second kappa shape index (κ2) is 8.60. The van der Waals surface area contributed by atoms with Crippen molar-refractivity contribution in [1.29, 1.82) is 0 Å². The maximum absolute atomic E-state index is 12.1. The van der Waals surface area contributed by atoms with Crippen LogP contribution in [0, 0.1) is 5.92 Å². The number of nitrogens with two attached hydrogens (primary N) is 2. The fourth-order valence-electron chi connectivity index (χ4n) is 2.96. The molecule has 30 heavy (non-hydrogen) atoms. The summed E-state index contributed by atoms with van der Waals surface area (Å²) in [4.78, 5) is 36.6. The number of carbonyl (C=O) groups excluding carboxylic acids is 2. The molecule has 2 amide bonds. The summed E-state index contributed by atoms with van der Waals surface area (Å²) in [6.07, 6.45) is 1.71. The van der Waals surface area contributed by atoms with Crippen LogP contribution in [0.1, 0.15) is 24.2 Å². The van der Waals surface area contributed by atoms with Crippen LogP contribution in [0.15, 0.2) is 36.5 Å². The smallest absolute Gasteiger partial charge is 0.258 e. The van der Waals surface area contributed by atoms with Crippen molar-refractivity contribution in [3.63, 3.8) is 0 Å². The van der Waals surface area contributed by atoms with E-state index in [0.29, 0.717) is 5.69 Å². The van der Waals surface area contributed by atoms with Crippen LogP contribution in [0.2, 0.25) is 0 Å². The Morgan fingerprint density at radius 3 is 2.53 bits per heavy atom. The fourth-order valence-corrected chi connectivity index (χ4v) is 2.96. The van der Waals surface area contributed by atoms with Crippen molar-refractivity contribution in [1.82, 2.24) is 15.0 Å². The molecule has 0 saturated heterocycles. The molecular formula is C20H23N7O3. The Kier molecular flexibility index (Phi) is 5.95. The number of carbonyl (C=O) groups is 2. The Morgan fingerprint density at radius 2 is 1.90 bits per heavy atom. The molecule has 1 atom stereocenters. The standard InChI is InChI=1S/C20H23N7O3/c1-10(2)15(17(22)29)25-20-26-18(14(16(21)28)19(27-20)30-3)24-12-6-7-13-11(9-12)5-4-8-23-13/h4-10,15H,1-3H3,(H2,21,28)(H2,22,29)(H2,24,25,26,27)/t15-/m1/s1. The van der Waals surface area contributed by atoms with Gasteiger partial charge in [0.2, 0.25) is 17.7 Å². The minimum absolute atomic E-state index is 0.0190. The average Bonchev–Trinajstić information content (AvgIpc) is 2.70. The van der Waals surface area contributed by atoms with Crippen molar-refractivity contribution in [2.75, 3.05) is 17.7 Å². The van der Waals surface area contributed by atoms with E-state index in [1.54, 1.807) is 12.3 Å². The maximum Gasteiger partial charge on any atom is 0.258 e. The summed E-state index contributed by atoms with van der Waals surface area (Å²) < 4.78 is 5.24. The maximum atomic E-state index is 12.1. The topological polar surface area (TPSA) is 158 Å². The van der Waals surface area contributed by atoms with Gasteiger partial charge in [-0.1, -0.05) is 19.9 Å². The molecule has 0 radical (unpaired) electrons. The van der Waals surface area contributed by atoms with E-state index in [0.717, 1.165) is 10.9 Å². The number of hydrogen-bond acceptors (Lipinski definition) is 8. The van der Waals surface area contributed by atoms with E-state index in [1.165, 1.54) is 7.11 Å². The largest absolute Gasteiger partial charge is 0.480 e. The van der Waals surface area contributed by atoms with Crippen LogP contribution in [-0.4, -0.2) is 39.9 Å². The lowest BCUT2D eigenvalue weighted by Crippen LogP contribution is -2.40. The molecule has 2 aromatic heterocycles. The Bertz CT molecular complexity index is 1100. The SMILES string of the molecule is COc1nc(N[C@@H](C(N)=O)C(C)C)nc(Nc2ccc3ncccc3c2)c1C(N)=O. The van der Waals surface area contributed by atoms with Crippen LogP contribution in [0.5, 0.6) is 5.88 Å². The first kappa shape index (κ1) is 20.8. The van der Waals surface area contributed by atoms with E-state index in [-0.39, 0.29) is 29.1 Å². The van der Waals surface area contributed by atoms with Crippen LogP contribution < -0.4 is 26.8 Å². The predicted molar refractivity (Wildman–Crippen MR) is 114 cm³/mol. The van der Waals surface area contributed by atoms with Crippen LogP contribution in [-0.2, 0) is 4.79 Å². The molecule has 10 heteroatoms. The summed E-state index contributed by atoms with van der Waals surface area (Å²) in [7, 11) is 1.36. The van der Waals surface area contributed by atoms with Crippen LogP contribution >= 0.6 is 0 Å². The Labute approximate surface area is 173 Å². The minimum atomic E-state index is -0.765. The van der Waals surface area contributed by atoms with Crippen molar-refractivity contribution in [3.05, 3.63) is 42.1 Å². The first-order valence-electron chi connectivity index (χ1n) is 9.23. The summed E-state index contributed by atoms with van der Waals surface area (Å²) in [5, 5.41) is 6.87. The second-order valence-electron chi connectivity index (χ2n) is 6.95. The van der Waals surface area contributed by atoms with E-state index in [1.807, 2.05) is 38.1 Å². The lowest BCUT2D eigenvalue weighted by Gasteiger charge is -2.20. The molecule has 0 fully saturated rings. The summed E-state index contributed by atoms with van der Waals surface area (Å²) in [5.41, 5.74) is 12.5. The van der Waals surface area contributed by atoms with Gasteiger partial charge in [-0.15, -0.1) is 0 Å². The van der Waals surface area contributed by atoms with Gasteiger partial charge in [-0.2, -0.15) is 9.97 Å². The highest BCUT2D eigenvalue weighted by molar-refractivity contribution is 6.01. The van der Waals surface area contributed by atoms with Gasteiger partial charge in [0, 0.05) is 17.3 Å². The molecule has 0 aliphatic carbocycles. The van der Waals surface area contributed by atoms with E-state index < -0.39 is 17.9 Å². The van der Waals surface area contributed by atoms with E-state index in [4.69, 9.17) is 16.2 Å². The van der Waals surface area contributed by atoms with Crippen molar-refractivity contribution in [2.24, 2.45) is 17.4 Å². The average molecular weight is 409 g/mol. The van der Waals surface area contributed by atoms with Gasteiger partial charge in [-0.3, -0.25) is 14.6 Å². The Balaban J connectivity index is 2.05. The number of nitrogens with one attached hydrogen (secondary N) is 2. The molecule has 1 aromatic carbocycles. The van der Waals surface area contributed by atoms with Crippen molar-refractivity contribution < 1.29 is 14.3 Å². The number of methoxy groups -OCH3 is 1. The highest BCUT2D eigenvalue weighted by Crippen LogP contribution is 2.28. The van der Waals surface area contributed by atoms with Gasteiger partial charge < -0.3 is 26.8 Å². The third-order valence-corrected chi connectivity index (χ3v) is 4.44. The number of anilines is 3. The van der Waals surface area contributed by atoms with Gasteiger partial charge in [0.05, 0.1) is 12.6 Å². The first-order valence-corrected chi connectivity index (χ1v) is 9.23. The Morgan fingerprint density at radius 1 is 1.13 bits per heavy atom. The monoisotopic (exact) mass is 409 g/mol. The van der Waals surface area contributed by atoms with Crippen molar-refractivity contribution in [2.45, 2.75) is 19.9 Å². The van der Waals surface area contributed by atoms with Gasteiger partial charge in [0.25, 0.3) is 5.91 Å². The van der Waals surface area contributed by atoms with Gasteiger partial charge in [0.1, 0.15) is 11.6 Å². The van der Waals surface area contributed by atoms with Gasteiger partial charge in [-0.05, 0) is 30.2 Å². The molecule has 0 saturated carbocycles. The zero-order valence-electron chi connectivity index (χ0n) is 16.8. The number of rotatable bonds is 8. The minimum Gasteiger partial charge on any atom is -0.480 e. The lowest BCUT2D eigenvalue weighted by atomic mass is 10.0. The summed E-state index contributed by atoms with van der Waals surface area (Å²) in [6, 6.07) is 8.51. The number of benzene rings is 1. The zero-order chi connectivity index (χ0) is 21.8. The van der Waals surface area contributed by atoms with Gasteiger partial charge >= 0.3 is 0 Å². The fraction of sp³-hybridized carbons (Fsp3) is 0.250. The van der Waals surface area contributed by atoms with E-state index in [9.17, 15) is 9.59 Å². The molecule has 10 nitrogen and oxygen atoms in total. The molecule has 0 spiro atoms. The molecule has 0 aliphatic heterocycles. The highest BCUT2D eigenvalue weighted by atomic mass is 16.5. The van der Waals surface area contributed by atoms with Crippen LogP contribution in [0.25, 0.3) is 10.9 Å². The molecule has 6 N–H and O–H groups in total. The van der Waals surface area contributed by atoms with Crippen LogP contribution in [0.3, 0.4) is 0 Å². The zero-order valence-corrected chi connectivity index (χ0v) is 16.8. The number of pyridine rings is 1. The van der Waals surface area contributed by atoms with Crippen molar-refractivity contribution in [3.8, 4) is 5.88 Å². The second-order valence-corrected chi connectivity index (χ2v) is 6.95. The molecular weight excluding hydrogens is 386 g/mol. The highest BCUT2D eigenvalue weighted by Gasteiger charge is 2.24. The Hall–Kier alpha value is -3.95. The van der Waals surface area contributed by atoms with Crippen LogP contribution in [0.4, 0.5) is 17.5 Å². The number of amides is 2. The van der Waals surface area contributed by atoms with Crippen molar-refractivity contribution >= 4 is 40.2 Å². The normalized spacial score (nSPS) is 11.9. The third-order valence-electron chi connectivity index (χ3n) is 4.44. The molecule has 2 heterocycles. The molecule has 0 bridgehead atoms. The predicted octanol–water partition coefficient (Wildman–Crippen LogP) is 1.80. The quantitative estimate of drug-likeness (QED) is 0.438. The van der Waals surface area contributed by atoms with Gasteiger partial charge in [-0.25, -0.2) is 0 Å². The number of fused-ring (bicyclic) bond motifs is 1.